The van der Waals surface area contributed by atoms with Gasteiger partial charge in [0.2, 0.25) is 0 Å². The summed E-state index contributed by atoms with van der Waals surface area (Å²) < 4.78 is 36.5. The predicted octanol–water partition coefficient (Wildman–Crippen LogP) is -0.342. The van der Waals surface area contributed by atoms with Crippen LogP contribution in [-0.2, 0) is 21.7 Å². The van der Waals surface area contributed by atoms with Crippen LogP contribution in [0.2, 0.25) is 0 Å². The number of aromatic nitrogens is 2. The zero-order chi connectivity index (χ0) is 14.5. The molecule has 3 heterocycles. The average Bonchev–Trinajstić information content (AvgIpc) is 2.87. The molecule has 1 atom stereocenters. The molecule has 1 fully saturated rings. The van der Waals surface area contributed by atoms with E-state index in [0.29, 0.717) is 18.2 Å². The Balaban J connectivity index is 1.98. The molecule has 0 radical (unpaired) electrons. The second kappa shape index (κ2) is 4.30. The van der Waals surface area contributed by atoms with Crippen LogP contribution in [0.3, 0.4) is 0 Å². The maximum atomic E-state index is 12.0. The monoisotopic (exact) mass is 300 g/mol. The third-order valence-corrected chi connectivity index (χ3v) is 3.67. The number of hydroxylamine groups is 2. The molecule has 10 heteroatoms. The quantitative estimate of drug-likeness (QED) is 0.766. The van der Waals surface area contributed by atoms with E-state index < -0.39 is 22.5 Å². The highest BCUT2D eigenvalue weighted by Gasteiger charge is 2.45. The van der Waals surface area contributed by atoms with Crippen molar-refractivity contribution in [2.24, 2.45) is 7.05 Å². The summed E-state index contributed by atoms with van der Waals surface area (Å²) in [5, 5.41) is 4.72. The first-order valence-corrected chi connectivity index (χ1v) is 7.17. The van der Waals surface area contributed by atoms with Crippen molar-refractivity contribution >= 4 is 22.0 Å². The summed E-state index contributed by atoms with van der Waals surface area (Å²) in [5.41, 5.74) is 1.49. The molecule has 1 unspecified atom stereocenters. The van der Waals surface area contributed by atoms with Crippen LogP contribution in [0.5, 0.6) is 0 Å². The van der Waals surface area contributed by atoms with E-state index >= 15 is 0 Å². The van der Waals surface area contributed by atoms with Crippen molar-refractivity contribution in [1.29, 1.82) is 0 Å². The lowest BCUT2D eigenvalue weighted by atomic mass is 10.0. The summed E-state index contributed by atoms with van der Waals surface area (Å²) in [6.07, 6.45) is 3.42. The van der Waals surface area contributed by atoms with Crippen LogP contribution in [-0.4, -0.2) is 57.9 Å². The molecule has 20 heavy (non-hydrogen) atoms. The van der Waals surface area contributed by atoms with Crippen molar-refractivity contribution in [2.45, 2.75) is 6.04 Å². The van der Waals surface area contributed by atoms with Gasteiger partial charge >= 0.3 is 16.4 Å². The lowest BCUT2D eigenvalue weighted by molar-refractivity contribution is -0.0161. The molecule has 1 saturated heterocycles. The summed E-state index contributed by atoms with van der Waals surface area (Å²) in [5.74, 6) is 0. The van der Waals surface area contributed by atoms with Gasteiger partial charge in [0.05, 0.1) is 12.2 Å². The van der Waals surface area contributed by atoms with E-state index in [-0.39, 0.29) is 0 Å². The Hall–Kier alpha value is -1.91. The van der Waals surface area contributed by atoms with Gasteiger partial charge in [-0.3, -0.25) is 9.23 Å². The highest BCUT2D eigenvalue weighted by atomic mass is 32.3. The fourth-order valence-electron chi connectivity index (χ4n) is 2.47. The molecule has 108 valence electrons. The summed E-state index contributed by atoms with van der Waals surface area (Å²) in [6.45, 7) is 0.645. The van der Waals surface area contributed by atoms with Crippen LogP contribution in [0, 0.1) is 0 Å². The molecule has 0 aliphatic carbocycles. The Bertz CT molecular complexity index is 694. The highest BCUT2D eigenvalue weighted by molar-refractivity contribution is 7.80. The fourth-order valence-corrected chi connectivity index (χ4v) is 2.84. The molecule has 0 saturated carbocycles. The molecule has 1 aromatic rings. The molecule has 1 aromatic heterocycles. The van der Waals surface area contributed by atoms with E-state index in [1.165, 1.54) is 4.90 Å². The first-order valence-electron chi connectivity index (χ1n) is 5.80. The van der Waals surface area contributed by atoms with Crippen molar-refractivity contribution in [3.05, 3.63) is 24.0 Å². The minimum absolute atomic E-state index is 0.297. The van der Waals surface area contributed by atoms with Crippen LogP contribution >= 0.6 is 0 Å². The number of amides is 2. The van der Waals surface area contributed by atoms with Crippen LogP contribution in [0.15, 0.2) is 18.3 Å². The zero-order valence-electron chi connectivity index (χ0n) is 10.5. The average molecular weight is 300 g/mol. The number of aryl methyl sites for hydroxylation is 1. The normalized spacial score (nSPS) is 22.4. The van der Waals surface area contributed by atoms with Crippen LogP contribution in [0.25, 0.3) is 5.57 Å². The van der Waals surface area contributed by atoms with Crippen molar-refractivity contribution in [3.8, 4) is 0 Å². The molecular formula is C10H12N4O5S. The number of rotatable bonds is 3. The number of hydrogen-bond acceptors (Lipinski definition) is 5. The molecule has 2 bridgehead atoms. The maximum absolute atomic E-state index is 12.0. The maximum Gasteiger partial charge on any atom is 0.418 e. The molecule has 2 amide bonds. The second-order valence-electron chi connectivity index (χ2n) is 4.53. The van der Waals surface area contributed by atoms with Gasteiger partial charge < -0.3 is 4.90 Å². The van der Waals surface area contributed by atoms with E-state index in [4.69, 9.17) is 4.55 Å². The van der Waals surface area contributed by atoms with Gasteiger partial charge in [0, 0.05) is 25.4 Å². The molecule has 2 aliphatic heterocycles. The number of hydrogen-bond donors (Lipinski definition) is 1. The van der Waals surface area contributed by atoms with E-state index in [2.05, 4.69) is 9.38 Å². The summed E-state index contributed by atoms with van der Waals surface area (Å²) in [7, 11) is -3.01. The molecule has 9 nitrogen and oxygen atoms in total. The van der Waals surface area contributed by atoms with Gasteiger partial charge in [0.1, 0.15) is 6.04 Å². The van der Waals surface area contributed by atoms with Crippen LogP contribution in [0.4, 0.5) is 4.79 Å². The van der Waals surface area contributed by atoms with Crippen molar-refractivity contribution in [1.82, 2.24) is 19.7 Å². The highest BCUT2D eigenvalue weighted by Crippen LogP contribution is 2.32. The first kappa shape index (κ1) is 13.1. The molecular weight excluding hydrogens is 288 g/mol. The topological polar surface area (TPSA) is 105 Å². The Kier molecular flexibility index (Phi) is 2.81. The Labute approximate surface area is 114 Å². The van der Waals surface area contributed by atoms with Crippen molar-refractivity contribution < 1.29 is 22.0 Å². The van der Waals surface area contributed by atoms with Gasteiger partial charge in [-0.2, -0.15) is 18.6 Å². The first-order chi connectivity index (χ1) is 9.37. The van der Waals surface area contributed by atoms with Gasteiger partial charge in [-0.05, 0) is 6.07 Å². The number of carbonyl (C=O) groups is 1. The molecule has 0 aromatic carbocycles. The van der Waals surface area contributed by atoms with E-state index in [9.17, 15) is 13.2 Å². The standard InChI is InChI=1S/C10H12N4O5S/c1-12-8(2-4-11-12)7-3-5-13-6-9(7)14(10(13)15)19-20(16,17)18/h2-4,9H,5-6H2,1H3,(H,16,17,18). The largest absolute Gasteiger partial charge is 0.418 e. The third-order valence-electron chi connectivity index (χ3n) is 3.32. The lowest BCUT2D eigenvalue weighted by Gasteiger charge is -2.23. The SMILES string of the molecule is Cn1nccc1C1=CCN2CC1N(OS(=O)(=O)O)C2=O. The van der Waals surface area contributed by atoms with E-state index in [0.717, 1.165) is 11.3 Å². The smallest absolute Gasteiger partial charge is 0.317 e. The number of fused-ring (bicyclic) bond motifs is 2. The Morgan fingerprint density at radius 2 is 2.25 bits per heavy atom. The fraction of sp³-hybridized carbons (Fsp3) is 0.400. The second-order valence-corrected chi connectivity index (χ2v) is 5.54. The minimum atomic E-state index is -4.75. The number of nitrogens with zero attached hydrogens (tertiary/aromatic N) is 4. The van der Waals surface area contributed by atoms with Crippen LogP contribution in [0.1, 0.15) is 5.69 Å². The molecule has 2 aliphatic rings. The summed E-state index contributed by atoms with van der Waals surface area (Å²) >= 11 is 0. The number of carbonyl (C=O) groups excluding carboxylic acids is 1. The lowest BCUT2D eigenvalue weighted by Crippen LogP contribution is -2.36. The Morgan fingerprint density at radius 3 is 2.85 bits per heavy atom. The number of urea groups is 1. The summed E-state index contributed by atoms with van der Waals surface area (Å²) in [6, 6.07) is 0.560. The third kappa shape index (κ3) is 2.07. The van der Waals surface area contributed by atoms with Gasteiger partial charge in [-0.1, -0.05) is 6.08 Å². The Morgan fingerprint density at radius 1 is 1.50 bits per heavy atom. The van der Waals surface area contributed by atoms with Gasteiger partial charge in [0.15, 0.2) is 0 Å². The van der Waals surface area contributed by atoms with Gasteiger partial charge in [-0.15, -0.1) is 4.28 Å². The molecule has 3 rings (SSSR count). The van der Waals surface area contributed by atoms with Gasteiger partial charge in [-0.25, -0.2) is 4.79 Å². The summed E-state index contributed by atoms with van der Waals surface area (Å²) in [4.78, 5) is 13.4. The molecule has 0 spiro atoms. The minimum Gasteiger partial charge on any atom is -0.317 e. The van der Waals surface area contributed by atoms with Crippen molar-refractivity contribution in [3.63, 3.8) is 0 Å². The van der Waals surface area contributed by atoms with Gasteiger partial charge in [0.25, 0.3) is 0 Å². The van der Waals surface area contributed by atoms with Crippen molar-refractivity contribution in [2.75, 3.05) is 13.1 Å². The van der Waals surface area contributed by atoms with E-state index in [1.54, 1.807) is 24.0 Å². The van der Waals surface area contributed by atoms with E-state index in [1.807, 2.05) is 6.08 Å². The predicted molar refractivity (Wildman–Crippen MR) is 66.4 cm³/mol. The van der Waals surface area contributed by atoms with Crippen LogP contribution < -0.4 is 0 Å². The zero-order valence-corrected chi connectivity index (χ0v) is 11.3. The molecule has 1 N–H and O–H groups in total.